The Bertz CT molecular complexity index is 858. The number of carbonyl (C=O) groups excluding carboxylic acids is 1. The molecule has 2 atom stereocenters. The van der Waals surface area contributed by atoms with Gasteiger partial charge in [0.2, 0.25) is 0 Å². The van der Waals surface area contributed by atoms with Crippen molar-refractivity contribution >= 4 is 5.97 Å². The minimum atomic E-state index is -0.799. The van der Waals surface area contributed by atoms with Gasteiger partial charge in [-0.1, -0.05) is 92.7 Å². The summed E-state index contributed by atoms with van der Waals surface area (Å²) in [6.07, 6.45) is -1.41. The average Bonchev–Trinajstić information content (AvgIpc) is 2.73. The molecule has 0 radical (unpaired) electrons. The van der Waals surface area contributed by atoms with Crippen molar-refractivity contribution in [3.05, 3.63) is 108 Å². The zero-order chi connectivity index (χ0) is 19.3. The molecule has 1 N–H and O–H groups in total. The van der Waals surface area contributed by atoms with E-state index in [4.69, 9.17) is 4.74 Å². The van der Waals surface area contributed by atoms with Crippen LogP contribution in [0.4, 0.5) is 0 Å². The molecule has 3 heteroatoms. The van der Waals surface area contributed by atoms with Gasteiger partial charge in [-0.3, -0.25) is 0 Å². The maximum absolute atomic E-state index is 12.7. The summed E-state index contributed by atoms with van der Waals surface area (Å²) in [5.74, 6) is -0.405. The van der Waals surface area contributed by atoms with Crippen LogP contribution in [-0.4, -0.2) is 11.1 Å². The first kappa shape index (κ1) is 18.9. The van der Waals surface area contributed by atoms with Crippen LogP contribution < -0.4 is 0 Å². The molecule has 0 heterocycles. The topological polar surface area (TPSA) is 46.5 Å². The monoisotopic (exact) mass is 360 g/mol. The first-order valence-corrected chi connectivity index (χ1v) is 9.04. The SMILES string of the molecule is CC(C)([C@H](O)c1ccccc1)[C@H](OC(=O)c1ccccc1)c1ccccc1. The Morgan fingerprint density at radius 2 is 1.22 bits per heavy atom. The summed E-state index contributed by atoms with van der Waals surface area (Å²) in [7, 11) is 0. The molecule has 0 unspecified atom stereocenters. The lowest BCUT2D eigenvalue weighted by atomic mass is 9.75. The Morgan fingerprint density at radius 3 is 1.74 bits per heavy atom. The molecular formula is C24H24O3. The van der Waals surface area contributed by atoms with E-state index in [1.54, 1.807) is 24.3 Å². The van der Waals surface area contributed by atoms with Gasteiger partial charge in [-0.2, -0.15) is 0 Å². The average molecular weight is 360 g/mol. The number of hydrogen-bond donors (Lipinski definition) is 1. The van der Waals surface area contributed by atoms with Crippen molar-refractivity contribution in [3.8, 4) is 0 Å². The lowest BCUT2D eigenvalue weighted by molar-refractivity contribution is -0.0661. The van der Waals surface area contributed by atoms with Crippen LogP contribution in [0, 0.1) is 5.41 Å². The molecule has 0 saturated carbocycles. The third-order valence-electron chi connectivity index (χ3n) is 4.83. The maximum atomic E-state index is 12.7. The Morgan fingerprint density at radius 1 is 0.778 bits per heavy atom. The van der Waals surface area contributed by atoms with Gasteiger partial charge in [0.15, 0.2) is 0 Å². The molecule has 3 aromatic carbocycles. The van der Waals surface area contributed by atoms with E-state index < -0.39 is 23.6 Å². The predicted molar refractivity (Wildman–Crippen MR) is 106 cm³/mol. The van der Waals surface area contributed by atoms with Gasteiger partial charge in [-0.05, 0) is 23.3 Å². The number of hydrogen-bond acceptors (Lipinski definition) is 3. The Labute approximate surface area is 160 Å². The van der Waals surface area contributed by atoms with Gasteiger partial charge < -0.3 is 9.84 Å². The minimum Gasteiger partial charge on any atom is -0.453 e. The van der Waals surface area contributed by atoms with Gasteiger partial charge in [0.25, 0.3) is 0 Å². The number of rotatable bonds is 6. The summed E-state index contributed by atoms with van der Waals surface area (Å²) < 4.78 is 5.93. The lowest BCUT2D eigenvalue weighted by Gasteiger charge is -2.38. The van der Waals surface area contributed by atoms with Crippen LogP contribution in [0.1, 0.15) is 47.5 Å². The molecule has 3 aromatic rings. The zero-order valence-electron chi connectivity index (χ0n) is 15.6. The summed E-state index contributed by atoms with van der Waals surface area (Å²) >= 11 is 0. The van der Waals surface area contributed by atoms with E-state index in [-0.39, 0.29) is 0 Å². The quantitative estimate of drug-likeness (QED) is 0.603. The van der Waals surface area contributed by atoms with Crippen molar-refractivity contribution in [2.75, 3.05) is 0 Å². The molecule has 0 fully saturated rings. The standard InChI is InChI=1S/C24H24O3/c1-24(2,21(25)18-12-6-3-7-13-18)22(19-14-8-4-9-15-19)27-23(26)20-16-10-5-11-17-20/h3-17,21-22,25H,1-2H3/t21-,22-/m1/s1. The highest BCUT2D eigenvalue weighted by Crippen LogP contribution is 2.46. The number of carbonyl (C=O) groups is 1. The minimum absolute atomic E-state index is 0.405. The lowest BCUT2D eigenvalue weighted by Crippen LogP contribution is -2.33. The number of aliphatic hydroxyl groups excluding tert-OH is 1. The third-order valence-corrected chi connectivity index (χ3v) is 4.83. The van der Waals surface area contributed by atoms with Crippen LogP contribution >= 0.6 is 0 Å². The molecule has 0 aliphatic heterocycles. The van der Waals surface area contributed by atoms with Crippen molar-refractivity contribution < 1.29 is 14.6 Å². The highest BCUT2D eigenvalue weighted by molar-refractivity contribution is 5.89. The molecular weight excluding hydrogens is 336 g/mol. The number of esters is 1. The van der Waals surface area contributed by atoms with Gasteiger partial charge in [-0.25, -0.2) is 4.79 Å². The van der Waals surface area contributed by atoms with Gasteiger partial charge in [-0.15, -0.1) is 0 Å². The van der Waals surface area contributed by atoms with Crippen molar-refractivity contribution in [1.29, 1.82) is 0 Å². The molecule has 3 rings (SSSR count). The summed E-state index contributed by atoms with van der Waals surface area (Å²) in [4.78, 5) is 12.7. The number of benzene rings is 3. The van der Waals surface area contributed by atoms with Crippen LogP contribution in [0.15, 0.2) is 91.0 Å². The van der Waals surface area contributed by atoms with Gasteiger partial charge in [0, 0.05) is 5.41 Å². The molecule has 0 bridgehead atoms. The van der Waals surface area contributed by atoms with Crippen molar-refractivity contribution in [1.82, 2.24) is 0 Å². The van der Waals surface area contributed by atoms with E-state index in [1.807, 2.05) is 80.6 Å². The van der Waals surface area contributed by atoms with Gasteiger partial charge >= 0.3 is 5.97 Å². The van der Waals surface area contributed by atoms with Crippen molar-refractivity contribution in [2.24, 2.45) is 5.41 Å². The van der Waals surface area contributed by atoms with E-state index in [1.165, 1.54) is 0 Å². The molecule has 0 amide bonds. The second-order valence-electron chi connectivity index (χ2n) is 7.20. The molecule has 3 nitrogen and oxygen atoms in total. The third kappa shape index (κ3) is 4.26. The van der Waals surface area contributed by atoms with Crippen LogP contribution in [0.3, 0.4) is 0 Å². The second-order valence-corrected chi connectivity index (χ2v) is 7.20. The molecule has 0 saturated heterocycles. The summed E-state index contributed by atoms with van der Waals surface area (Å²) in [5.41, 5.74) is 1.39. The normalized spacial score (nSPS) is 13.6. The molecule has 138 valence electrons. The fourth-order valence-electron chi connectivity index (χ4n) is 3.23. The highest BCUT2D eigenvalue weighted by Gasteiger charge is 2.41. The smallest absolute Gasteiger partial charge is 0.338 e. The molecule has 27 heavy (non-hydrogen) atoms. The van der Waals surface area contributed by atoms with Gasteiger partial charge in [0.05, 0.1) is 11.7 Å². The Kier molecular flexibility index (Phi) is 5.72. The molecule has 0 aromatic heterocycles. The fourth-order valence-corrected chi connectivity index (χ4v) is 3.23. The van der Waals surface area contributed by atoms with E-state index in [0.717, 1.165) is 11.1 Å². The summed E-state index contributed by atoms with van der Waals surface area (Å²) in [6.45, 7) is 3.83. The Balaban J connectivity index is 1.95. The predicted octanol–water partition coefficient (Wildman–Crippen LogP) is 5.34. The fraction of sp³-hybridized carbons (Fsp3) is 0.208. The second kappa shape index (κ2) is 8.19. The van der Waals surface area contributed by atoms with Crippen molar-refractivity contribution in [3.63, 3.8) is 0 Å². The number of aliphatic hydroxyl groups is 1. The van der Waals surface area contributed by atoms with E-state index >= 15 is 0 Å². The van der Waals surface area contributed by atoms with Crippen LogP contribution in [0.2, 0.25) is 0 Å². The summed E-state index contributed by atoms with van der Waals surface area (Å²) in [5, 5.41) is 11.1. The zero-order valence-corrected chi connectivity index (χ0v) is 15.6. The first-order chi connectivity index (χ1) is 13.0. The molecule has 0 aliphatic rings. The van der Waals surface area contributed by atoms with Gasteiger partial charge in [0.1, 0.15) is 6.10 Å². The van der Waals surface area contributed by atoms with Crippen molar-refractivity contribution in [2.45, 2.75) is 26.1 Å². The van der Waals surface area contributed by atoms with Crippen LogP contribution in [0.5, 0.6) is 0 Å². The maximum Gasteiger partial charge on any atom is 0.338 e. The molecule has 0 spiro atoms. The summed E-state index contributed by atoms with van der Waals surface area (Å²) in [6, 6.07) is 27.9. The van der Waals surface area contributed by atoms with E-state index in [9.17, 15) is 9.90 Å². The molecule has 0 aliphatic carbocycles. The number of ether oxygens (including phenoxy) is 1. The highest BCUT2D eigenvalue weighted by atomic mass is 16.5. The largest absolute Gasteiger partial charge is 0.453 e. The van der Waals surface area contributed by atoms with E-state index in [2.05, 4.69) is 0 Å². The van der Waals surface area contributed by atoms with Crippen LogP contribution in [-0.2, 0) is 4.74 Å². The van der Waals surface area contributed by atoms with Crippen LogP contribution in [0.25, 0.3) is 0 Å². The van der Waals surface area contributed by atoms with E-state index in [0.29, 0.717) is 5.56 Å². The first-order valence-electron chi connectivity index (χ1n) is 9.04. The Hall–Kier alpha value is -2.91.